The van der Waals surface area contributed by atoms with E-state index in [1.807, 2.05) is 31.2 Å². The molecule has 0 saturated heterocycles. The van der Waals surface area contributed by atoms with Gasteiger partial charge in [0.2, 0.25) is 0 Å². The number of aromatic nitrogens is 2. The Morgan fingerprint density at radius 2 is 1.90 bits per heavy atom. The molecule has 0 amide bonds. The van der Waals surface area contributed by atoms with Crippen molar-refractivity contribution < 1.29 is 4.42 Å². The van der Waals surface area contributed by atoms with Crippen LogP contribution in [0.25, 0.3) is 22.4 Å². The number of fused-ring (bicyclic) bond motifs is 1. The molecule has 5 heteroatoms. The van der Waals surface area contributed by atoms with E-state index in [0.717, 1.165) is 31.6 Å². The zero-order valence-corrected chi connectivity index (χ0v) is 14.9. The zero-order valence-electron chi connectivity index (χ0n) is 11.9. The van der Waals surface area contributed by atoms with Gasteiger partial charge in [0.15, 0.2) is 5.82 Å². The van der Waals surface area contributed by atoms with E-state index < -0.39 is 0 Å². The largest absolute Gasteiger partial charge is 0.461 e. The predicted molar refractivity (Wildman–Crippen MR) is 93.8 cm³/mol. The van der Waals surface area contributed by atoms with Gasteiger partial charge in [0, 0.05) is 5.39 Å². The molecule has 108 valence electrons. The summed E-state index contributed by atoms with van der Waals surface area (Å²) in [5.41, 5.74) is 2.73. The molecule has 0 N–H and O–H groups in total. The minimum Gasteiger partial charge on any atom is -0.461 e. The minimum atomic E-state index is 0.287. The van der Waals surface area contributed by atoms with Crippen LogP contribution < -0.4 is 0 Å². The summed E-state index contributed by atoms with van der Waals surface area (Å²) in [6, 6.07) is 7.91. The van der Waals surface area contributed by atoms with Crippen molar-refractivity contribution in [2.24, 2.45) is 0 Å². The highest BCUT2D eigenvalue weighted by Gasteiger charge is 2.19. The Labute approximate surface area is 141 Å². The number of furan rings is 1. The summed E-state index contributed by atoms with van der Waals surface area (Å²) >= 11 is 8.50. The van der Waals surface area contributed by atoms with Gasteiger partial charge >= 0.3 is 0 Å². The Bertz CT molecular complexity index is 827. The standard InChI is InChI=1S/C16H14ClIN2O/c1-8(2)14-13(18)15(17)20-16(19-14)12-9(3)21-11-7-5-4-6-10(11)12/h4-8H,1-3H3. The lowest BCUT2D eigenvalue weighted by atomic mass is 10.1. The molecule has 0 fully saturated rings. The molecule has 0 aliphatic heterocycles. The van der Waals surface area contributed by atoms with E-state index in [1.165, 1.54) is 0 Å². The van der Waals surface area contributed by atoms with Gasteiger partial charge in [-0.25, -0.2) is 9.97 Å². The van der Waals surface area contributed by atoms with Gasteiger partial charge in [-0.1, -0.05) is 43.6 Å². The number of benzene rings is 1. The quantitative estimate of drug-likeness (QED) is 0.407. The van der Waals surface area contributed by atoms with Gasteiger partial charge < -0.3 is 4.42 Å². The molecule has 0 spiro atoms. The monoisotopic (exact) mass is 412 g/mol. The lowest BCUT2D eigenvalue weighted by molar-refractivity contribution is 0.579. The van der Waals surface area contributed by atoms with E-state index in [2.05, 4.69) is 41.4 Å². The summed E-state index contributed by atoms with van der Waals surface area (Å²) in [5, 5.41) is 1.51. The molecule has 2 heterocycles. The second-order valence-electron chi connectivity index (χ2n) is 5.22. The fourth-order valence-electron chi connectivity index (χ4n) is 2.38. The molecule has 21 heavy (non-hydrogen) atoms. The molecule has 0 saturated carbocycles. The summed E-state index contributed by atoms with van der Waals surface area (Å²) in [6.07, 6.45) is 0. The van der Waals surface area contributed by atoms with E-state index in [1.54, 1.807) is 0 Å². The molecular formula is C16H14ClIN2O. The second kappa shape index (κ2) is 5.57. The van der Waals surface area contributed by atoms with Gasteiger partial charge in [0.05, 0.1) is 14.8 Å². The first-order valence-electron chi connectivity index (χ1n) is 6.70. The van der Waals surface area contributed by atoms with Crippen molar-refractivity contribution in [3.05, 3.63) is 44.4 Å². The minimum absolute atomic E-state index is 0.287. The smallest absolute Gasteiger partial charge is 0.165 e. The predicted octanol–water partition coefficient (Wildman–Crippen LogP) is 5.58. The van der Waals surface area contributed by atoms with Crippen LogP contribution in [0, 0.1) is 10.5 Å². The topological polar surface area (TPSA) is 38.9 Å². The van der Waals surface area contributed by atoms with Crippen LogP contribution in [0.1, 0.15) is 31.2 Å². The number of aryl methyl sites for hydroxylation is 1. The summed E-state index contributed by atoms with van der Waals surface area (Å²) < 4.78 is 6.71. The van der Waals surface area contributed by atoms with Gasteiger partial charge in [0.25, 0.3) is 0 Å². The molecule has 1 aromatic carbocycles. The highest BCUT2D eigenvalue weighted by atomic mass is 127. The number of nitrogens with zero attached hydrogens (tertiary/aromatic N) is 2. The van der Waals surface area contributed by atoms with Crippen LogP contribution >= 0.6 is 34.2 Å². The van der Waals surface area contributed by atoms with Crippen molar-refractivity contribution in [3.63, 3.8) is 0 Å². The SMILES string of the molecule is Cc1oc2ccccc2c1-c1nc(Cl)c(I)c(C(C)C)n1. The highest BCUT2D eigenvalue weighted by Crippen LogP contribution is 2.35. The maximum absolute atomic E-state index is 6.29. The number of rotatable bonds is 2. The first kappa shape index (κ1) is 14.8. The zero-order chi connectivity index (χ0) is 15.1. The number of hydrogen-bond donors (Lipinski definition) is 0. The average molecular weight is 413 g/mol. The maximum Gasteiger partial charge on any atom is 0.165 e. The summed E-state index contributed by atoms with van der Waals surface area (Å²) in [6.45, 7) is 6.13. The molecule has 0 radical (unpaired) electrons. The van der Waals surface area contributed by atoms with Crippen LogP contribution in [-0.2, 0) is 0 Å². The van der Waals surface area contributed by atoms with E-state index in [0.29, 0.717) is 11.0 Å². The molecule has 2 aromatic heterocycles. The van der Waals surface area contributed by atoms with Crippen LogP contribution in [0.3, 0.4) is 0 Å². The third-order valence-electron chi connectivity index (χ3n) is 3.38. The number of hydrogen-bond acceptors (Lipinski definition) is 3. The Morgan fingerprint density at radius 3 is 2.62 bits per heavy atom. The van der Waals surface area contributed by atoms with Crippen molar-refractivity contribution in [3.8, 4) is 11.4 Å². The molecule has 0 atom stereocenters. The Kier molecular flexibility index (Phi) is 3.92. The van der Waals surface area contributed by atoms with Crippen molar-refractivity contribution in [2.75, 3.05) is 0 Å². The number of halogens is 2. The Morgan fingerprint density at radius 1 is 1.19 bits per heavy atom. The Hall–Kier alpha value is -1.14. The van der Waals surface area contributed by atoms with Gasteiger partial charge in [-0.3, -0.25) is 0 Å². The highest BCUT2D eigenvalue weighted by molar-refractivity contribution is 14.1. The third kappa shape index (κ3) is 2.55. The van der Waals surface area contributed by atoms with E-state index in [-0.39, 0.29) is 5.92 Å². The van der Waals surface area contributed by atoms with Crippen molar-refractivity contribution in [1.29, 1.82) is 0 Å². The summed E-state index contributed by atoms with van der Waals surface area (Å²) in [7, 11) is 0. The van der Waals surface area contributed by atoms with E-state index in [4.69, 9.17) is 21.0 Å². The van der Waals surface area contributed by atoms with Crippen LogP contribution in [-0.4, -0.2) is 9.97 Å². The van der Waals surface area contributed by atoms with Gasteiger partial charge in [0.1, 0.15) is 16.5 Å². The van der Waals surface area contributed by atoms with E-state index in [9.17, 15) is 0 Å². The first-order chi connectivity index (χ1) is 9.99. The first-order valence-corrected chi connectivity index (χ1v) is 8.16. The van der Waals surface area contributed by atoms with Gasteiger partial charge in [-0.2, -0.15) is 0 Å². The molecule has 0 unspecified atom stereocenters. The van der Waals surface area contributed by atoms with Crippen LogP contribution in [0.4, 0.5) is 0 Å². The third-order valence-corrected chi connectivity index (χ3v) is 5.03. The molecule has 0 aliphatic rings. The summed E-state index contributed by atoms with van der Waals surface area (Å²) in [5.74, 6) is 1.73. The fourth-order valence-corrected chi connectivity index (χ4v) is 3.42. The van der Waals surface area contributed by atoms with Crippen molar-refractivity contribution in [2.45, 2.75) is 26.7 Å². The molecule has 0 aliphatic carbocycles. The lowest BCUT2D eigenvalue weighted by Crippen LogP contribution is -2.02. The normalized spacial score (nSPS) is 11.5. The molecular weight excluding hydrogens is 399 g/mol. The van der Waals surface area contributed by atoms with Gasteiger partial charge in [-0.15, -0.1) is 0 Å². The second-order valence-corrected chi connectivity index (χ2v) is 6.66. The maximum atomic E-state index is 6.29. The van der Waals surface area contributed by atoms with Crippen molar-refractivity contribution >= 4 is 45.2 Å². The molecule has 3 nitrogen and oxygen atoms in total. The Balaban J connectivity index is 2.31. The molecule has 0 bridgehead atoms. The van der Waals surface area contributed by atoms with E-state index >= 15 is 0 Å². The van der Waals surface area contributed by atoms with Crippen LogP contribution in [0.15, 0.2) is 28.7 Å². The average Bonchev–Trinajstić information content (AvgIpc) is 2.77. The molecule has 3 rings (SSSR count). The lowest BCUT2D eigenvalue weighted by Gasteiger charge is -2.10. The molecule has 3 aromatic rings. The number of para-hydroxylation sites is 1. The van der Waals surface area contributed by atoms with Crippen LogP contribution in [0.2, 0.25) is 5.15 Å². The summed E-state index contributed by atoms with van der Waals surface area (Å²) in [4.78, 5) is 9.18. The van der Waals surface area contributed by atoms with Crippen LogP contribution in [0.5, 0.6) is 0 Å². The van der Waals surface area contributed by atoms with Crippen molar-refractivity contribution in [1.82, 2.24) is 9.97 Å². The van der Waals surface area contributed by atoms with Gasteiger partial charge in [-0.05, 0) is 41.5 Å². The fraction of sp³-hybridized carbons (Fsp3) is 0.250.